The zero-order chi connectivity index (χ0) is 23.6. The minimum absolute atomic E-state index is 0.00524. The first-order valence-electron chi connectivity index (χ1n) is 11.7. The molecule has 1 heterocycles. The smallest absolute Gasteiger partial charge is 0.302 e. The lowest BCUT2D eigenvalue weighted by Gasteiger charge is -2.56. The van der Waals surface area contributed by atoms with Gasteiger partial charge in [-0.3, -0.25) is 9.59 Å². The molecule has 0 N–H and O–H groups in total. The summed E-state index contributed by atoms with van der Waals surface area (Å²) in [4.78, 5) is 29.6. The number of rotatable bonds is 5. The van der Waals surface area contributed by atoms with Crippen LogP contribution in [0.1, 0.15) is 42.1 Å². The topological polar surface area (TPSA) is 59.1 Å². The van der Waals surface area contributed by atoms with Gasteiger partial charge in [0.2, 0.25) is 0 Å². The molecule has 1 amide bonds. The second-order valence-corrected chi connectivity index (χ2v) is 9.53. The molecule has 6 heteroatoms. The van der Waals surface area contributed by atoms with E-state index in [2.05, 4.69) is 24.1 Å². The molecule has 176 valence electrons. The van der Waals surface area contributed by atoms with Crippen LogP contribution in [0.3, 0.4) is 0 Å². The van der Waals surface area contributed by atoms with Crippen molar-refractivity contribution in [3.05, 3.63) is 65.7 Å². The first-order valence-corrected chi connectivity index (χ1v) is 11.7. The highest BCUT2D eigenvalue weighted by atomic mass is 16.5. The van der Waals surface area contributed by atoms with E-state index in [0.717, 1.165) is 31.7 Å². The maximum atomic E-state index is 13.3. The summed E-state index contributed by atoms with van der Waals surface area (Å²) in [5, 5.41) is 0. The van der Waals surface area contributed by atoms with Gasteiger partial charge in [-0.25, -0.2) is 0 Å². The van der Waals surface area contributed by atoms with Gasteiger partial charge >= 0.3 is 5.97 Å². The Bertz CT molecular complexity index is 995. The Labute approximate surface area is 196 Å². The van der Waals surface area contributed by atoms with Gasteiger partial charge in [0.1, 0.15) is 11.9 Å². The quantitative estimate of drug-likeness (QED) is 0.650. The van der Waals surface area contributed by atoms with Gasteiger partial charge in [0.15, 0.2) is 0 Å². The SMILES string of the molecule is COc1cccc(C23CCN(C)CC2C(OC(C)=O)C[C@@H](N(C)C(=O)c2ccccc2)C3)c1. The fraction of sp³-hybridized carbons (Fsp3) is 0.481. The number of fused-ring (bicyclic) bond motifs is 1. The highest BCUT2D eigenvalue weighted by Gasteiger charge is 2.54. The molecule has 1 saturated heterocycles. The van der Waals surface area contributed by atoms with Crippen LogP contribution in [0.15, 0.2) is 54.6 Å². The predicted octanol–water partition coefficient (Wildman–Crippen LogP) is 3.75. The summed E-state index contributed by atoms with van der Waals surface area (Å²) >= 11 is 0. The molecular formula is C27H34N2O4. The van der Waals surface area contributed by atoms with Crippen molar-refractivity contribution in [3.8, 4) is 5.75 Å². The number of ether oxygens (including phenoxy) is 2. The van der Waals surface area contributed by atoms with Crippen LogP contribution in [0, 0.1) is 5.92 Å². The number of nitrogens with zero attached hydrogens (tertiary/aromatic N) is 2. The molecule has 4 rings (SSSR count). The van der Waals surface area contributed by atoms with Crippen LogP contribution in [0.5, 0.6) is 5.75 Å². The summed E-state index contributed by atoms with van der Waals surface area (Å²) in [5.41, 5.74) is 1.65. The van der Waals surface area contributed by atoms with E-state index in [1.54, 1.807) is 7.11 Å². The number of hydrogen-bond acceptors (Lipinski definition) is 5. The van der Waals surface area contributed by atoms with Gasteiger partial charge in [-0.1, -0.05) is 30.3 Å². The molecule has 4 atom stereocenters. The summed E-state index contributed by atoms with van der Waals surface area (Å²) in [5.74, 6) is 0.683. The first-order chi connectivity index (χ1) is 15.8. The molecule has 1 saturated carbocycles. The van der Waals surface area contributed by atoms with E-state index in [-0.39, 0.29) is 35.4 Å². The number of likely N-dealkylation sites (tertiary alicyclic amines) is 1. The highest BCUT2D eigenvalue weighted by molar-refractivity contribution is 5.94. The Balaban J connectivity index is 1.75. The van der Waals surface area contributed by atoms with Crippen molar-refractivity contribution in [3.63, 3.8) is 0 Å². The van der Waals surface area contributed by atoms with Gasteiger partial charge < -0.3 is 19.3 Å². The maximum absolute atomic E-state index is 13.3. The van der Waals surface area contributed by atoms with Crippen molar-refractivity contribution < 1.29 is 19.1 Å². The molecule has 2 aliphatic rings. The fourth-order valence-corrected chi connectivity index (χ4v) is 5.84. The molecular weight excluding hydrogens is 416 g/mol. The monoisotopic (exact) mass is 450 g/mol. The van der Waals surface area contributed by atoms with Gasteiger partial charge in [0.05, 0.1) is 7.11 Å². The normalized spacial score (nSPS) is 27.3. The number of carbonyl (C=O) groups is 2. The molecule has 3 unspecified atom stereocenters. The molecule has 0 bridgehead atoms. The van der Waals surface area contributed by atoms with Gasteiger partial charge in [-0.15, -0.1) is 0 Å². The number of hydrogen-bond donors (Lipinski definition) is 0. The molecule has 2 aromatic rings. The molecule has 2 fully saturated rings. The van der Waals surface area contributed by atoms with Crippen LogP contribution in [0.2, 0.25) is 0 Å². The lowest BCUT2D eigenvalue weighted by Crippen LogP contribution is -2.61. The van der Waals surface area contributed by atoms with E-state index in [4.69, 9.17) is 9.47 Å². The number of piperidine rings is 1. The predicted molar refractivity (Wildman–Crippen MR) is 127 cm³/mol. The largest absolute Gasteiger partial charge is 0.497 e. The van der Waals surface area contributed by atoms with E-state index in [1.807, 2.05) is 54.4 Å². The Morgan fingerprint density at radius 2 is 1.88 bits per heavy atom. The molecule has 2 aromatic carbocycles. The van der Waals surface area contributed by atoms with Crippen molar-refractivity contribution >= 4 is 11.9 Å². The van der Waals surface area contributed by atoms with Crippen molar-refractivity contribution in [2.24, 2.45) is 5.92 Å². The summed E-state index contributed by atoms with van der Waals surface area (Å²) < 4.78 is 11.5. The van der Waals surface area contributed by atoms with Crippen LogP contribution in [0.4, 0.5) is 0 Å². The Morgan fingerprint density at radius 1 is 1.12 bits per heavy atom. The van der Waals surface area contributed by atoms with E-state index in [0.29, 0.717) is 12.0 Å². The first kappa shape index (κ1) is 23.3. The van der Waals surface area contributed by atoms with Crippen LogP contribution >= 0.6 is 0 Å². The van der Waals surface area contributed by atoms with Crippen LogP contribution in [-0.2, 0) is 14.9 Å². The third-order valence-corrected chi connectivity index (χ3v) is 7.56. The summed E-state index contributed by atoms with van der Waals surface area (Å²) in [6.45, 7) is 3.27. The molecule has 0 spiro atoms. The number of esters is 1. The zero-order valence-electron chi connectivity index (χ0n) is 20.0. The van der Waals surface area contributed by atoms with Crippen molar-refractivity contribution in [1.29, 1.82) is 0 Å². The molecule has 1 aliphatic carbocycles. The number of benzene rings is 2. The molecule has 0 aromatic heterocycles. The summed E-state index contributed by atoms with van der Waals surface area (Å²) in [6.07, 6.45) is 2.13. The number of carbonyl (C=O) groups excluding carboxylic acids is 2. The molecule has 1 aliphatic heterocycles. The van der Waals surface area contributed by atoms with E-state index < -0.39 is 0 Å². The fourth-order valence-electron chi connectivity index (χ4n) is 5.84. The van der Waals surface area contributed by atoms with Gasteiger partial charge in [-0.2, -0.15) is 0 Å². The standard InChI is InChI=1S/C27H34N2O4/c1-19(30)33-25-16-22(29(3)26(31)20-9-6-5-7-10-20)17-27(13-14-28(2)18-24(25)27)21-11-8-12-23(15-21)32-4/h5-12,15,22,24-25H,13-14,16-18H2,1-4H3/t22-,24?,25?,27?/m1/s1. The second kappa shape index (κ2) is 9.56. The third kappa shape index (κ3) is 4.62. The molecule has 6 nitrogen and oxygen atoms in total. The Kier molecular flexibility index (Phi) is 6.75. The van der Waals surface area contributed by atoms with E-state index in [1.165, 1.54) is 12.5 Å². The minimum atomic E-state index is -0.273. The van der Waals surface area contributed by atoms with Crippen molar-refractivity contribution in [2.75, 3.05) is 34.3 Å². The molecule has 0 radical (unpaired) electrons. The minimum Gasteiger partial charge on any atom is -0.497 e. The van der Waals surface area contributed by atoms with Crippen molar-refractivity contribution in [2.45, 2.75) is 43.7 Å². The van der Waals surface area contributed by atoms with Gasteiger partial charge in [-0.05, 0) is 56.3 Å². The average Bonchev–Trinajstić information content (AvgIpc) is 2.83. The van der Waals surface area contributed by atoms with Crippen molar-refractivity contribution in [1.82, 2.24) is 9.80 Å². The summed E-state index contributed by atoms with van der Waals surface area (Å²) in [7, 11) is 5.68. The highest BCUT2D eigenvalue weighted by Crippen LogP contribution is 2.51. The van der Waals surface area contributed by atoms with Gasteiger partial charge in [0, 0.05) is 49.9 Å². The molecule has 33 heavy (non-hydrogen) atoms. The second-order valence-electron chi connectivity index (χ2n) is 9.53. The zero-order valence-corrected chi connectivity index (χ0v) is 20.0. The lowest BCUT2D eigenvalue weighted by molar-refractivity contribution is -0.158. The third-order valence-electron chi connectivity index (χ3n) is 7.56. The number of amides is 1. The lowest BCUT2D eigenvalue weighted by atomic mass is 9.56. The maximum Gasteiger partial charge on any atom is 0.302 e. The van der Waals surface area contributed by atoms with Crippen LogP contribution in [-0.4, -0.2) is 68.1 Å². The number of methoxy groups -OCH3 is 1. The van der Waals surface area contributed by atoms with E-state index >= 15 is 0 Å². The van der Waals surface area contributed by atoms with Crippen LogP contribution in [0.25, 0.3) is 0 Å². The Hall–Kier alpha value is -2.86. The Morgan fingerprint density at radius 3 is 2.58 bits per heavy atom. The van der Waals surface area contributed by atoms with Gasteiger partial charge in [0.25, 0.3) is 5.91 Å². The average molecular weight is 451 g/mol. The van der Waals surface area contributed by atoms with Crippen LogP contribution < -0.4 is 4.74 Å². The van der Waals surface area contributed by atoms with E-state index in [9.17, 15) is 9.59 Å². The summed E-state index contributed by atoms with van der Waals surface area (Å²) in [6, 6.07) is 17.6.